The van der Waals surface area contributed by atoms with Crippen molar-refractivity contribution in [2.45, 2.75) is 39.6 Å². The van der Waals surface area contributed by atoms with Crippen LogP contribution in [0.5, 0.6) is 5.75 Å². The SMILES string of the molecule is CC[C@H](C)Nc1nc(Nc2ccc(F)c(C)c2)cc(-c2cccc(OC(F)(F)F)c2)n1. The molecule has 0 aliphatic rings. The van der Waals surface area contributed by atoms with Crippen LogP contribution in [0.4, 0.5) is 35.0 Å². The van der Waals surface area contributed by atoms with Crippen molar-refractivity contribution >= 4 is 17.5 Å². The number of aryl methyl sites for hydroxylation is 1. The highest BCUT2D eigenvalue weighted by Crippen LogP contribution is 2.29. The standard InChI is InChI=1S/C22H22F4N4O/c1-4-14(3)27-21-29-19(15-6-5-7-17(11-15)31-22(24,25)26)12-20(30-21)28-16-8-9-18(23)13(2)10-16/h5-12,14H,4H2,1-3H3,(H2,27,28,29,30)/t14-/m0/s1. The summed E-state index contributed by atoms with van der Waals surface area (Å²) in [7, 11) is 0. The summed E-state index contributed by atoms with van der Waals surface area (Å²) < 4.78 is 55.4. The quantitative estimate of drug-likeness (QED) is 0.419. The van der Waals surface area contributed by atoms with E-state index in [1.807, 2.05) is 13.8 Å². The number of nitrogens with one attached hydrogen (secondary N) is 2. The van der Waals surface area contributed by atoms with Crippen molar-refractivity contribution in [2.24, 2.45) is 0 Å². The Bertz CT molecular complexity index is 1060. The number of ether oxygens (including phenoxy) is 1. The van der Waals surface area contributed by atoms with Crippen LogP contribution in [-0.4, -0.2) is 22.4 Å². The molecule has 31 heavy (non-hydrogen) atoms. The van der Waals surface area contributed by atoms with Crippen molar-refractivity contribution in [1.82, 2.24) is 9.97 Å². The van der Waals surface area contributed by atoms with Gasteiger partial charge in [-0.15, -0.1) is 13.2 Å². The van der Waals surface area contributed by atoms with Gasteiger partial charge < -0.3 is 15.4 Å². The Kier molecular flexibility index (Phi) is 6.62. The van der Waals surface area contributed by atoms with Gasteiger partial charge in [-0.3, -0.25) is 0 Å². The van der Waals surface area contributed by atoms with Crippen LogP contribution in [0.2, 0.25) is 0 Å². The Balaban J connectivity index is 1.99. The molecule has 3 rings (SSSR count). The summed E-state index contributed by atoms with van der Waals surface area (Å²) in [6, 6.07) is 11.8. The lowest BCUT2D eigenvalue weighted by Crippen LogP contribution is -2.17. The lowest BCUT2D eigenvalue weighted by Gasteiger charge is -2.15. The molecule has 0 spiro atoms. The van der Waals surface area contributed by atoms with E-state index in [0.717, 1.165) is 6.42 Å². The van der Waals surface area contributed by atoms with Crippen molar-refractivity contribution in [3.8, 4) is 17.0 Å². The molecular formula is C22H22F4N4O. The highest BCUT2D eigenvalue weighted by atomic mass is 19.4. The normalized spacial score (nSPS) is 12.4. The summed E-state index contributed by atoms with van der Waals surface area (Å²) in [6.07, 6.45) is -3.97. The van der Waals surface area contributed by atoms with Crippen molar-refractivity contribution in [1.29, 1.82) is 0 Å². The molecule has 2 aromatic carbocycles. The molecule has 1 atom stereocenters. The molecule has 1 aromatic heterocycles. The van der Waals surface area contributed by atoms with E-state index in [4.69, 9.17) is 0 Å². The first kappa shape index (κ1) is 22.3. The Hall–Kier alpha value is -3.36. The summed E-state index contributed by atoms with van der Waals surface area (Å²) in [4.78, 5) is 8.88. The zero-order valence-electron chi connectivity index (χ0n) is 17.2. The minimum absolute atomic E-state index is 0.0797. The van der Waals surface area contributed by atoms with Gasteiger partial charge in [-0.25, -0.2) is 9.37 Å². The number of halogens is 4. The number of alkyl halides is 3. The summed E-state index contributed by atoms with van der Waals surface area (Å²) in [5.74, 6) is 0.0533. The third-order valence-electron chi connectivity index (χ3n) is 4.51. The lowest BCUT2D eigenvalue weighted by atomic mass is 10.1. The first-order chi connectivity index (χ1) is 14.6. The molecule has 0 radical (unpaired) electrons. The second-order valence-electron chi connectivity index (χ2n) is 7.08. The molecule has 1 heterocycles. The van der Waals surface area contributed by atoms with Crippen LogP contribution >= 0.6 is 0 Å². The molecule has 9 heteroatoms. The van der Waals surface area contributed by atoms with Crippen LogP contribution < -0.4 is 15.4 Å². The van der Waals surface area contributed by atoms with E-state index in [-0.39, 0.29) is 17.6 Å². The summed E-state index contributed by atoms with van der Waals surface area (Å²) >= 11 is 0. The fraction of sp³-hybridized carbons (Fsp3) is 0.273. The maximum absolute atomic E-state index is 13.6. The van der Waals surface area contributed by atoms with Crippen LogP contribution in [0.1, 0.15) is 25.8 Å². The number of benzene rings is 2. The molecule has 0 bridgehead atoms. The zero-order valence-corrected chi connectivity index (χ0v) is 17.2. The Labute approximate surface area is 177 Å². The van der Waals surface area contributed by atoms with Gasteiger partial charge in [-0.2, -0.15) is 4.98 Å². The van der Waals surface area contributed by atoms with Crippen molar-refractivity contribution in [3.63, 3.8) is 0 Å². The largest absolute Gasteiger partial charge is 0.573 e. The minimum Gasteiger partial charge on any atom is -0.406 e. The number of rotatable bonds is 7. The van der Waals surface area contributed by atoms with Crippen LogP contribution in [0.3, 0.4) is 0 Å². The van der Waals surface area contributed by atoms with E-state index >= 15 is 0 Å². The van der Waals surface area contributed by atoms with Crippen molar-refractivity contribution in [3.05, 3.63) is 59.9 Å². The number of hydrogen-bond donors (Lipinski definition) is 2. The zero-order chi connectivity index (χ0) is 22.6. The van der Waals surface area contributed by atoms with E-state index < -0.39 is 6.36 Å². The average molecular weight is 434 g/mol. The van der Waals surface area contributed by atoms with Crippen molar-refractivity contribution in [2.75, 3.05) is 10.6 Å². The molecule has 2 N–H and O–H groups in total. The van der Waals surface area contributed by atoms with Gasteiger partial charge in [0.1, 0.15) is 17.4 Å². The first-order valence-electron chi connectivity index (χ1n) is 9.68. The molecule has 0 aliphatic heterocycles. The van der Waals surface area contributed by atoms with E-state index in [1.165, 1.54) is 24.3 Å². The van der Waals surface area contributed by atoms with E-state index in [2.05, 4.69) is 25.3 Å². The molecule has 0 aliphatic carbocycles. The Morgan fingerprint density at radius 2 is 1.84 bits per heavy atom. The summed E-state index contributed by atoms with van der Waals surface area (Å²) in [5.41, 5.74) is 1.91. The third kappa shape index (κ3) is 6.31. The van der Waals surface area contributed by atoms with Crippen LogP contribution in [0.25, 0.3) is 11.3 Å². The van der Waals surface area contributed by atoms with Gasteiger partial charge in [-0.1, -0.05) is 19.1 Å². The maximum Gasteiger partial charge on any atom is 0.573 e. The molecule has 0 saturated carbocycles. The molecular weight excluding hydrogens is 412 g/mol. The van der Waals surface area contributed by atoms with E-state index in [1.54, 1.807) is 31.2 Å². The van der Waals surface area contributed by atoms with Gasteiger partial charge in [0.25, 0.3) is 0 Å². The van der Waals surface area contributed by atoms with Gasteiger partial charge in [-0.05, 0) is 56.2 Å². The predicted octanol–water partition coefficient (Wildman–Crippen LogP) is 6.44. The highest BCUT2D eigenvalue weighted by Gasteiger charge is 2.31. The smallest absolute Gasteiger partial charge is 0.406 e. The first-order valence-corrected chi connectivity index (χ1v) is 9.68. The molecule has 164 valence electrons. The molecule has 0 unspecified atom stereocenters. The third-order valence-corrected chi connectivity index (χ3v) is 4.51. The molecule has 0 saturated heterocycles. The molecule has 3 aromatic rings. The van der Waals surface area contributed by atoms with Crippen LogP contribution in [0.15, 0.2) is 48.5 Å². The maximum atomic E-state index is 13.6. The Morgan fingerprint density at radius 1 is 1.06 bits per heavy atom. The molecule has 5 nitrogen and oxygen atoms in total. The Morgan fingerprint density at radius 3 is 2.52 bits per heavy atom. The topological polar surface area (TPSA) is 59.1 Å². The van der Waals surface area contributed by atoms with Gasteiger partial charge >= 0.3 is 6.36 Å². The molecule has 0 fully saturated rings. The van der Waals surface area contributed by atoms with Crippen LogP contribution in [-0.2, 0) is 0 Å². The number of nitrogens with zero attached hydrogens (tertiary/aromatic N) is 2. The second-order valence-corrected chi connectivity index (χ2v) is 7.08. The predicted molar refractivity (Wildman–Crippen MR) is 112 cm³/mol. The lowest BCUT2D eigenvalue weighted by molar-refractivity contribution is -0.274. The minimum atomic E-state index is -4.79. The monoisotopic (exact) mass is 434 g/mol. The number of aromatic nitrogens is 2. The van der Waals surface area contributed by atoms with Gasteiger partial charge in [0.15, 0.2) is 0 Å². The van der Waals surface area contributed by atoms with E-state index in [0.29, 0.717) is 34.3 Å². The fourth-order valence-electron chi connectivity index (χ4n) is 2.77. The number of anilines is 3. The van der Waals surface area contributed by atoms with Crippen LogP contribution in [0, 0.1) is 12.7 Å². The fourth-order valence-corrected chi connectivity index (χ4v) is 2.77. The molecule has 0 amide bonds. The van der Waals surface area contributed by atoms with Crippen molar-refractivity contribution < 1.29 is 22.3 Å². The highest BCUT2D eigenvalue weighted by molar-refractivity contribution is 5.68. The average Bonchev–Trinajstić information content (AvgIpc) is 2.69. The van der Waals surface area contributed by atoms with Gasteiger partial charge in [0, 0.05) is 23.4 Å². The summed E-state index contributed by atoms with van der Waals surface area (Å²) in [5, 5.41) is 6.27. The second kappa shape index (κ2) is 9.20. The number of hydrogen-bond acceptors (Lipinski definition) is 5. The summed E-state index contributed by atoms with van der Waals surface area (Å²) in [6.45, 7) is 5.61. The van der Waals surface area contributed by atoms with E-state index in [9.17, 15) is 17.6 Å². The van der Waals surface area contributed by atoms with Gasteiger partial charge in [0.2, 0.25) is 5.95 Å². The van der Waals surface area contributed by atoms with Gasteiger partial charge in [0.05, 0.1) is 5.69 Å².